The Kier molecular flexibility index (Phi) is 3.73. The molecule has 6 heteroatoms. The minimum Gasteiger partial charge on any atom is -0.322 e. The number of fused-ring (bicyclic) bond motifs is 1. The summed E-state index contributed by atoms with van der Waals surface area (Å²) in [6.07, 6.45) is 0.734. The zero-order valence-electron chi connectivity index (χ0n) is 10.0. The average molecular weight is 312 g/mol. The lowest BCUT2D eigenvalue weighted by Crippen LogP contribution is -2.06. The van der Waals surface area contributed by atoms with Gasteiger partial charge in [0.05, 0.1) is 28.8 Å². The van der Waals surface area contributed by atoms with Gasteiger partial charge in [0.1, 0.15) is 5.82 Å². The largest absolute Gasteiger partial charge is 0.322 e. The predicted octanol–water partition coefficient (Wildman–Crippen LogP) is 3.98. The molecule has 3 aromatic rings. The number of nitrogens with zero attached hydrogens (tertiary/aromatic N) is 3. The number of hydrogen-bond donors (Lipinski definition) is 0. The van der Waals surface area contributed by atoms with Crippen molar-refractivity contribution in [2.24, 2.45) is 0 Å². The van der Waals surface area contributed by atoms with E-state index in [-0.39, 0.29) is 0 Å². The van der Waals surface area contributed by atoms with Crippen molar-refractivity contribution < 1.29 is 0 Å². The van der Waals surface area contributed by atoms with Crippen molar-refractivity contribution in [2.75, 3.05) is 5.88 Å². The van der Waals surface area contributed by atoms with Crippen LogP contribution in [-0.2, 0) is 13.0 Å². The molecule has 0 bridgehead atoms. The van der Waals surface area contributed by atoms with Gasteiger partial charge in [-0.05, 0) is 18.2 Å². The molecule has 0 aliphatic carbocycles. The molecule has 2 aromatic heterocycles. The molecule has 3 rings (SSSR count). The molecule has 0 spiro atoms. The smallest absolute Gasteiger partial charge is 0.111 e. The van der Waals surface area contributed by atoms with E-state index in [0.29, 0.717) is 17.4 Å². The molecule has 98 valence electrons. The van der Waals surface area contributed by atoms with Crippen LogP contribution in [0.2, 0.25) is 5.02 Å². The lowest BCUT2D eigenvalue weighted by atomic mass is 10.3. The summed E-state index contributed by atoms with van der Waals surface area (Å²) >= 11 is 13.5. The summed E-state index contributed by atoms with van der Waals surface area (Å²) in [7, 11) is 0. The number of imidazole rings is 1. The summed E-state index contributed by atoms with van der Waals surface area (Å²) in [5.41, 5.74) is 4.84. The molecule has 0 saturated carbocycles. The fraction of sp³-hybridized carbons (Fsp3) is 0.231. The molecular formula is C13H11Cl2N3S. The van der Waals surface area contributed by atoms with Crippen molar-refractivity contribution in [3.63, 3.8) is 0 Å². The van der Waals surface area contributed by atoms with Gasteiger partial charge in [-0.25, -0.2) is 9.97 Å². The first kappa shape index (κ1) is 12.9. The van der Waals surface area contributed by atoms with E-state index in [2.05, 4.69) is 14.5 Å². The van der Waals surface area contributed by atoms with E-state index >= 15 is 0 Å². The zero-order chi connectivity index (χ0) is 13.2. The maximum atomic E-state index is 6.08. The van der Waals surface area contributed by atoms with Gasteiger partial charge in [-0.3, -0.25) is 0 Å². The van der Waals surface area contributed by atoms with E-state index in [0.717, 1.165) is 29.0 Å². The second-order valence-corrected chi connectivity index (χ2v) is 5.70. The number of halogens is 2. The van der Waals surface area contributed by atoms with Crippen LogP contribution in [-0.4, -0.2) is 20.4 Å². The Balaban J connectivity index is 2.12. The Hall–Kier alpha value is -1.10. The summed E-state index contributed by atoms with van der Waals surface area (Å²) in [5.74, 6) is 1.52. The van der Waals surface area contributed by atoms with Crippen molar-refractivity contribution in [1.82, 2.24) is 14.5 Å². The van der Waals surface area contributed by atoms with Crippen LogP contribution >= 0.6 is 34.5 Å². The maximum absolute atomic E-state index is 6.08. The lowest BCUT2D eigenvalue weighted by Gasteiger charge is -2.06. The quantitative estimate of drug-likeness (QED) is 0.682. The summed E-state index contributed by atoms with van der Waals surface area (Å²) in [5, 5.41) is 2.75. The van der Waals surface area contributed by atoms with Crippen molar-refractivity contribution in [3.8, 4) is 0 Å². The SMILES string of the molecule is ClCCc1nc2ccc(Cl)cc2n1Cc1cscn1. The summed E-state index contributed by atoms with van der Waals surface area (Å²) in [6.45, 7) is 0.701. The van der Waals surface area contributed by atoms with Crippen LogP contribution in [0.3, 0.4) is 0 Å². The molecule has 0 radical (unpaired) electrons. The van der Waals surface area contributed by atoms with Crippen LogP contribution in [0.1, 0.15) is 11.5 Å². The Morgan fingerprint density at radius 2 is 2.21 bits per heavy atom. The molecule has 0 aliphatic rings. The summed E-state index contributed by atoms with van der Waals surface area (Å²) < 4.78 is 2.14. The number of alkyl halides is 1. The van der Waals surface area contributed by atoms with Crippen molar-refractivity contribution in [3.05, 3.63) is 45.6 Å². The molecule has 1 aromatic carbocycles. The van der Waals surface area contributed by atoms with E-state index in [1.54, 1.807) is 11.3 Å². The second-order valence-electron chi connectivity index (χ2n) is 4.17. The van der Waals surface area contributed by atoms with Crippen LogP contribution in [0.25, 0.3) is 11.0 Å². The molecule has 0 N–H and O–H groups in total. The number of rotatable bonds is 4. The Morgan fingerprint density at radius 1 is 1.32 bits per heavy atom. The van der Waals surface area contributed by atoms with Crippen LogP contribution < -0.4 is 0 Å². The highest BCUT2D eigenvalue weighted by Gasteiger charge is 2.11. The predicted molar refractivity (Wildman–Crippen MR) is 80.4 cm³/mol. The molecular weight excluding hydrogens is 301 g/mol. The number of aromatic nitrogens is 3. The van der Waals surface area contributed by atoms with Gasteiger partial charge >= 0.3 is 0 Å². The van der Waals surface area contributed by atoms with Gasteiger partial charge in [-0.15, -0.1) is 22.9 Å². The third-order valence-electron chi connectivity index (χ3n) is 2.91. The molecule has 19 heavy (non-hydrogen) atoms. The van der Waals surface area contributed by atoms with Crippen LogP contribution in [0.15, 0.2) is 29.1 Å². The molecule has 3 nitrogen and oxygen atoms in total. The highest BCUT2D eigenvalue weighted by molar-refractivity contribution is 7.07. The van der Waals surface area contributed by atoms with E-state index < -0.39 is 0 Å². The molecule has 0 aliphatic heterocycles. The van der Waals surface area contributed by atoms with E-state index in [1.165, 1.54) is 0 Å². The second kappa shape index (κ2) is 5.49. The summed E-state index contributed by atoms with van der Waals surface area (Å²) in [6, 6.07) is 5.73. The Bertz CT molecular complexity index is 691. The first-order valence-electron chi connectivity index (χ1n) is 5.85. The van der Waals surface area contributed by atoms with Crippen LogP contribution in [0, 0.1) is 0 Å². The van der Waals surface area contributed by atoms with E-state index in [4.69, 9.17) is 23.2 Å². The molecule has 0 saturated heterocycles. The van der Waals surface area contributed by atoms with Gasteiger partial charge in [0, 0.05) is 22.7 Å². The van der Waals surface area contributed by atoms with E-state index in [9.17, 15) is 0 Å². The zero-order valence-corrected chi connectivity index (χ0v) is 12.3. The molecule has 2 heterocycles. The first-order chi connectivity index (χ1) is 9.28. The van der Waals surface area contributed by atoms with E-state index in [1.807, 2.05) is 29.1 Å². The third-order valence-corrected chi connectivity index (χ3v) is 3.97. The van der Waals surface area contributed by atoms with Crippen molar-refractivity contribution in [2.45, 2.75) is 13.0 Å². The minimum atomic E-state index is 0.550. The topological polar surface area (TPSA) is 30.7 Å². The first-order valence-corrected chi connectivity index (χ1v) is 7.71. The fourth-order valence-electron chi connectivity index (χ4n) is 2.08. The maximum Gasteiger partial charge on any atom is 0.111 e. The monoisotopic (exact) mass is 311 g/mol. The molecule has 0 fully saturated rings. The summed E-state index contributed by atoms with van der Waals surface area (Å²) in [4.78, 5) is 8.95. The molecule has 0 atom stereocenters. The van der Waals surface area contributed by atoms with Crippen molar-refractivity contribution >= 4 is 45.6 Å². The fourth-order valence-corrected chi connectivity index (χ4v) is 2.96. The normalized spacial score (nSPS) is 11.3. The van der Waals surface area contributed by atoms with Crippen LogP contribution in [0.4, 0.5) is 0 Å². The standard InChI is InChI=1S/C13H11Cl2N3S/c14-4-3-13-17-11-2-1-9(15)5-12(11)18(13)6-10-7-19-8-16-10/h1-2,5,7-8H,3-4,6H2. The molecule has 0 unspecified atom stereocenters. The highest BCUT2D eigenvalue weighted by Crippen LogP contribution is 2.22. The highest BCUT2D eigenvalue weighted by atomic mass is 35.5. The van der Waals surface area contributed by atoms with Gasteiger partial charge in [-0.1, -0.05) is 11.6 Å². The van der Waals surface area contributed by atoms with Gasteiger partial charge in [0.2, 0.25) is 0 Å². The van der Waals surface area contributed by atoms with Gasteiger partial charge < -0.3 is 4.57 Å². The molecule has 0 amide bonds. The number of aryl methyl sites for hydroxylation is 1. The van der Waals surface area contributed by atoms with Gasteiger partial charge in [-0.2, -0.15) is 0 Å². The van der Waals surface area contributed by atoms with Crippen LogP contribution in [0.5, 0.6) is 0 Å². The average Bonchev–Trinajstić information content (AvgIpc) is 3.00. The Morgan fingerprint density at radius 3 is 2.95 bits per heavy atom. The number of thiazole rings is 1. The minimum absolute atomic E-state index is 0.550. The van der Waals surface area contributed by atoms with Crippen molar-refractivity contribution in [1.29, 1.82) is 0 Å². The number of benzene rings is 1. The third kappa shape index (κ3) is 2.61. The number of hydrogen-bond acceptors (Lipinski definition) is 3. The lowest BCUT2D eigenvalue weighted by molar-refractivity contribution is 0.742. The van der Waals surface area contributed by atoms with Gasteiger partial charge in [0.25, 0.3) is 0 Å². The van der Waals surface area contributed by atoms with Gasteiger partial charge in [0.15, 0.2) is 0 Å². The Labute approximate surface area is 124 Å².